The maximum atomic E-state index is 13.4. The minimum absolute atomic E-state index is 0.1000. The summed E-state index contributed by atoms with van der Waals surface area (Å²) in [5, 5.41) is 0. The minimum Gasteiger partial charge on any atom is -0.336 e. The molecule has 2 aliphatic heterocycles. The van der Waals surface area contributed by atoms with Crippen molar-refractivity contribution in [3.05, 3.63) is 102 Å². The Morgan fingerprint density at radius 1 is 0.917 bits per heavy atom. The Morgan fingerprint density at radius 2 is 1.58 bits per heavy atom. The van der Waals surface area contributed by atoms with Crippen LogP contribution in [-0.4, -0.2) is 62.9 Å². The van der Waals surface area contributed by atoms with Gasteiger partial charge in [0, 0.05) is 43.2 Å². The van der Waals surface area contributed by atoms with E-state index in [1.54, 1.807) is 18.2 Å². The Morgan fingerprint density at radius 3 is 2.25 bits per heavy atom. The molecule has 1 atom stereocenters. The Balaban J connectivity index is 1.35. The third-order valence-electron chi connectivity index (χ3n) is 7.70. The van der Waals surface area contributed by atoms with Gasteiger partial charge in [0.15, 0.2) is 0 Å². The number of carbonyl (C=O) groups is 1. The number of rotatable bonds is 7. The number of hydrogen-bond acceptors (Lipinski definition) is 4. The summed E-state index contributed by atoms with van der Waals surface area (Å²) in [4.78, 5) is 17.7. The van der Waals surface area contributed by atoms with Gasteiger partial charge in [-0.1, -0.05) is 73.7 Å². The highest BCUT2D eigenvalue weighted by Crippen LogP contribution is 2.32. The van der Waals surface area contributed by atoms with Gasteiger partial charge in [-0.2, -0.15) is 0 Å². The molecule has 1 amide bonds. The molecule has 1 N–H and O–H groups in total. The molecular formula is C29H33N3O3S. The predicted molar refractivity (Wildman–Crippen MR) is 141 cm³/mol. The number of sulfonamides is 1. The van der Waals surface area contributed by atoms with Gasteiger partial charge >= 0.3 is 0 Å². The van der Waals surface area contributed by atoms with Gasteiger partial charge in [0.25, 0.3) is 5.91 Å². The van der Waals surface area contributed by atoms with Gasteiger partial charge in [0.05, 0.1) is 4.90 Å². The molecule has 2 fully saturated rings. The zero-order chi connectivity index (χ0) is 25.2. The maximum Gasteiger partial charge on any atom is 0.253 e. The van der Waals surface area contributed by atoms with Gasteiger partial charge in [0.2, 0.25) is 10.0 Å². The maximum absolute atomic E-state index is 13.4. The summed E-state index contributed by atoms with van der Waals surface area (Å²) in [5.41, 5.74) is 1.89. The first-order chi connectivity index (χ1) is 17.4. The Hall–Kier alpha value is -3.00. The van der Waals surface area contributed by atoms with E-state index < -0.39 is 15.4 Å². The van der Waals surface area contributed by atoms with Crippen molar-refractivity contribution in [3.8, 4) is 0 Å². The van der Waals surface area contributed by atoms with Crippen LogP contribution in [0.1, 0.15) is 41.3 Å². The molecule has 0 radical (unpaired) electrons. The van der Waals surface area contributed by atoms with Crippen LogP contribution in [-0.2, 0) is 15.4 Å². The largest absolute Gasteiger partial charge is 0.336 e. The summed E-state index contributed by atoms with van der Waals surface area (Å²) in [6.07, 6.45) is 2.29. The first-order valence-electron chi connectivity index (χ1n) is 12.6. The van der Waals surface area contributed by atoms with Gasteiger partial charge in [-0.3, -0.25) is 9.69 Å². The molecule has 0 unspecified atom stereocenters. The van der Waals surface area contributed by atoms with Crippen molar-refractivity contribution in [3.63, 3.8) is 0 Å². The van der Waals surface area contributed by atoms with E-state index in [-0.39, 0.29) is 17.3 Å². The van der Waals surface area contributed by atoms with Crippen LogP contribution in [0.4, 0.5) is 0 Å². The van der Waals surface area contributed by atoms with Crippen LogP contribution in [0.2, 0.25) is 0 Å². The molecule has 36 heavy (non-hydrogen) atoms. The number of nitrogens with zero attached hydrogens (tertiary/aromatic N) is 2. The van der Waals surface area contributed by atoms with Gasteiger partial charge in [-0.05, 0) is 48.7 Å². The fourth-order valence-corrected chi connectivity index (χ4v) is 6.65. The van der Waals surface area contributed by atoms with Crippen LogP contribution in [0, 0.1) is 0 Å². The van der Waals surface area contributed by atoms with E-state index in [0.29, 0.717) is 24.7 Å². The number of benzene rings is 3. The van der Waals surface area contributed by atoms with Crippen molar-refractivity contribution >= 4 is 15.9 Å². The zero-order valence-corrected chi connectivity index (χ0v) is 21.5. The third kappa shape index (κ3) is 4.96. The topological polar surface area (TPSA) is 69.7 Å². The average Bonchev–Trinajstić information content (AvgIpc) is 3.40. The molecule has 2 aliphatic rings. The monoisotopic (exact) mass is 503 g/mol. The molecule has 6 nitrogen and oxygen atoms in total. The molecule has 0 aliphatic carbocycles. The Kier molecular flexibility index (Phi) is 6.97. The Bertz CT molecular complexity index is 1270. The fraction of sp³-hybridized carbons (Fsp3) is 0.345. The quantitative estimate of drug-likeness (QED) is 0.531. The second-order valence-corrected chi connectivity index (χ2v) is 11.8. The molecular weight excluding hydrogens is 470 g/mol. The van der Waals surface area contributed by atoms with Crippen LogP contribution in [0.3, 0.4) is 0 Å². The molecule has 188 valence electrons. The van der Waals surface area contributed by atoms with Gasteiger partial charge in [-0.15, -0.1) is 0 Å². The lowest BCUT2D eigenvalue weighted by Gasteiger charge is -2.37. The highest BCUT2D eigenvalue weighted by Gasteiger charge is 2.34. The summed E-state index contributed by atoms with van der Waals surface area (Å²) in [5.74, 6) is -0.1000. The number of carbonyl (C=O) groups excluding carboxylic acids is 1. The fourth-order valence-electron chi connectivity index (χ4n) is 5.46. The van der Waals surface area contributed by atoms with Crippen LogP contribution >= 0.6 is 0 Å². The van der Waals surface area contributed by atoms with Crippen molar-refractivity contribution in [2.45, 2.75) is 36.1 Å². The number of piperazine rings is 1. The van der Waals surface area contributed by atoms with Gasteiger partial charge < -0.3 is 4.90 Å². The van der Waals surface area contributed by atoms with Crippen LogP contribution in [0.5, 0.6) is 0 Å². The lowest BCUT2D eigenvalue weighted by Crippen LogP contribution is -2.52. The summed E-state index contributed by atoms with van der Waals surface area (Å²) in [6, 6.07) is 26.7. The smallest absolute Gasteiger partial charge is 0.253 e. The Labute approximate surface area is 214 Å². The van der Waals surface area contributed by atoms with Crippen molar-refractivity contribution < 1.29 is 13.2 Å². The predicted octanol–water partition coefficient (Wildman–Crippen LogP) is 3.89. The second-order valence-electron chi connectivity index (χ2n) is 10.00. The van der Waals surface area contributed by atoms with Gasteiger partial charge in [0.1, 0.15) is 0 Å². The van der Waals surface area contributed by atoms with E-state index in [0.717, 1.165) is 30.6 Å². The number of amides is 1. The normalized spacial score (nSPS) is 18.7. The van der Waals surface area contributed by atoms with Crippen molar-refractivity contribution in [1.29, 1.82) is 0 Å². The average molecular weight is 504 g/mol. The summed E-state index contributed by atoms with van der Waals surface area (Å²) >= 11 is 0. The van der Waals surface area contributed by atoms with E-state index >= 15 is 0 Å². The summed E-state index contributed by atoms with van der Waals surface area (Å²) in [6.45, 7) is 5.61. The SMILES string of the molecule is CC(CNS(=O)(=O)c1cccc(C(=O)N2CCN3CCC[C@H]3C2)c1)(c1ccccc1)c1ccccc1. The van der Waals surface area contributed by atoms with E-state index in [1.165, 1.54) is 12.5 Å². The molecule has 2 saturated heterocycles. The number of nitrogens with one attached hydrogen (secondary N) is 1. The highest BCUT2D eigenvalue weighted by molar-refractivity contribution is 7.89. The first kappa shape index (κ1) is 24.7. The van der Waals surface area contributed by atoms with Crippen molar-refractivity contribution in [1.82, 2.24) is 14.5 Å². The lowest BCUT2D eigenvalue weighted by molar-refractivity contribution is 0.0571. The molecule has 2 heterocycles. The molecule has 3 aromatic carbocycles. The van der Waals surface area contributed by atoms with E-state index in [2.05, 4.69) is 9.62 Å². The van der Waals surface area contributed by atoms with E-state index in [9.17, 15) is 13.2 Å². The highest BCUT2D eigenvalue weighted by atomic mass is 32.2. The van der Waals surface area contributed by atoms with E-state index in [1.807, 2.05) is 72.5 Å². The van der Waals surface area contributed by atoms with Crippen LogP contribution in [0.15, 0.2) is 89.8 Å². The standard InChI is InChI=1S/C29H33N3O3S/c1-29(24-11-4-2-5-12-24,25-13-6-3-7-14-25)22-30-36(34,35)27-16-8-10-23(20-27)28(33)32-19-18-31-17-9-15-26(31)21-32/h2-8,10-14,16,20,26,30H,9,15,17-19,21-22H2,1H3/t26-/m0/s1. The first-order valence-corrected chi connectivity index (χ1v) is 14.1. The third-order valence-corrected chi connectivity index (χ3v) is 9.10. The van der Waals surface area contributed by atoms with Crippen LogP contribution in [0.25, 0.3) is 0 Å². The molecule has 3 aromatic rings. The minimum atomic E-state index is -3.84. The lowest BCUT2D eigenvalue weighted by atomic mass is 9.76. The second kappa shape index (κ2) is 10.2. The molecule has 0 saturated carbocycles. The molecule has 0 bridgehead atoms. The molecule has 0 aromatic heterocycles. The zero-order valence-electron chi connectivity index (χ0n) is 20.6. The van der Waals surface area contributed by atoms with Gasteiger partial charge in [-0.25, -0.2) is 13.1 Å². The number of hydrogen-bond donors (Lipinski definition) is 1. The molecule has 0 spiro atoms. The van der Waals surface area contributed by atoms with Crippen LogP contribution < -0.4 is 4.72 Å². The van der Waals surface area contributed by atoms with Crippen molar-refractivity contribution in [2.24, 2.45) is 0 Å². The van der Waals surface area contributed by atoms with Crippen molar-refractivity contribution in [2.75, 3.05) is 32.7 Å². The van der Waals surface area contributed by atoms with E-state index in [4.69, 9.17) is 0 Å². The molecule has 5 rings (SSSR count). The molecule has 7 heteroatoms. The summed E-state index contributed by atoms with van der Waals surface area (Å²) in [7, 11) is -3.84. The summed E-state index contributed by atoms with van der Waals surface area (Å²) < 4.78 is 29.6. The number of fused-ring (bicyclic) bond motifs is 1.